The van der Waals surface area contributed by atoms with Crippen molar-refractivity contribution in [2.24, 2.45) is 0 Å². The second-order valence-electron chi connectivity index (χ2n) is 6.40. The molecule has 0 spiro atoms. The number of sulfonamides is 1. The number of nitrogens with zero attached hydrogens (tertiary/aromatic N) is 3. The molecule has 0 radical (unpaired) electrons. The number of anilines is 1. The van der Waals surface area contributed by atoms with Gasteiger partial charge in [-0.3, -0.25) is 0 Å². The fraction of sp³-hybridized carbons (Fsp3) is 0.444. The highest BCUT2D eigenvalue weighted by Crippen LogP contribution is 2.29. The number of fused-ring (bicyclic) bond motifs is 3. The van der Waals surface area contributed by atoms with Crippen LogP contribution in [-0.4, -0.2) is 42.4 Å². The lowest BCUT2D eigenvalue weighted by Gasteiger charge is -2.11. The molecule has 0 amide bonds. The lowest BCUT2D eigenvalue weighted by molar-refractivity contribution is 0.126. The number of ether oxygens (including phenoxy) is 1. The first-order valence-corrected chi connectivity index (χ1v) is 10.9. The van der Waals surface area contributed by atoms with Crippen molar-refractivity contribution in [3.8, 4) is 0 Å². The molecule has 2 aromatic heterocycles. The first-order valence-electron chi connectivity index (χ1n) is 8.96. The molecule has 0 bridgehead atoms. The summed E-state index contributed by atoms with van der Waals surface area (Å²) < 4.78 is 32.6. The van der Waals surface area contributed by atoms with Crippen LogP contribution in [0.3, 0.4) is 0 Å². The Morgan fingerprint density at radius 1 is 1.22 bits per heavy atom. The van der Waals surface area contributed by atoms with Gasteiger partial charge in [-0.25, -0.2) is 23.1 Å². The van der Waals surface area contributed by atoms with E-state index in [2.05, 4.69) is 19.3 Å². The maximum absolute atomic E-state index is 11.2. The summed E-state index contributed by atoms with van der Waals surface area (Å²) in [5.41, 5.74) is 8.60. The summed E-state index contributed by atoms with van der Waals surface area (Å²) in [5, 5.41) is 0.992. The summed E-state index contributed by atoms with van der Waals surface area (Å²) in [4.78, 5) is 9.14. The van der Waals surface area contributed by atoms with E-state index in [0.29, 0.717) is 37.6 Å². The van der Waals surface area contributed by atoms with Crippen LogP contribution in [0.1, 0.15) is 25.6 Å². The quantitative estimate of drug-likeness (QED) is 0.540. The van der Waals surface area contributed by atoms with Gasteiger partial charge < -0.3 is 15.0 Å². The van der Waals surface area contributed by atoms with Crippen LogP contribution in [0, 0.1) is 0 Å². The minimum absolute atomic E-state index is 0.389. The third-order valence-electron chi connectivity index (χ3n) is 4.30. The number of rotatable bonds is 9. The van der Waals surface area contributed by atoms with Crippen molar-refractivity contribution in [2.75, 3.05) is 25.1 Å². The van der Waals surface area contributed by atoms with E-state index in [1.807, 2.05) is 31.2 Å². The molecular weight excluding hydrogens is 366 g/mol. The topological polar surface area (TPSA) is 112 Å². The third-order valence-corrected chi connectivity index (χ3v) is 5.03. The molecule has 27 heavy (non-hydrogen) atoms. The van der Waals surface area contributed by atoms with Crippen LogP contribution < -0.4 is 10.5 Å². The van der Waals surface area contributed by atoms with Crippen molar-refractivity contribution in [1.29, 1.82) is 0 Å². The van der Waals surface area contributed by atoms with Crippen molar-refractivity contribution in [1.82, 2.24) is 19.3 Å². The Balaban J connectivity index is 1.94. The van der Waals surface area contributed by atoms with Gasteiger partial charge in [0.05, 0.1) is 17.3 Å². The maximum Gasteiger partial charge on any atom is 0.208 e. The molecule has 0 saturated heterocycles. The van der Waals surface area contributed by atoms with Gasteiger partial charge in [0.25, 0.3) is 0 Å². The zero-order valence-corrected chi connectivity index (χ0v) is 16.4. The molecule has 0 aliphatic carbocycles. The van der Waals surface area contributed by atoms with Crippen LogP contribution in [0.2, 0.25) is 0 Å². The molecule has 3 rings (SSSR count). The van der Waals surface area contributed by atoms with Gasteiger partial charge in [0.15, 0.2) is 5.82 Å². The Kier molecular flexibility index (Phi) is 5.93. The van der Waals surface area contributed by atoms with Gasteiger partial charge >= 0.3 is 0 Å². The Bertz CT molecular complexity index is 1050. The van der Waals surface area contributed by atoms with Gasteiger partial charge in [0, 0.05) is 25.1 Å². The van der Waals surface area contributed by atoms with Gasteiger partial charge in [0.2, 0.25) is 10.0 Å². The molecule has 0 unspecified atom stereocenters. The Hall–Kier alpha value is -2.23. The smallest absolute Gasteiger partial charge is 0.208 e. The van der Waals surface area contributed by atoms with Crippen molar-refractivity contribution >= 4 is 37.8 Å². The summed E-state index contributed by atoms with van der Waals surface area (Å²) in [6.07, 6.45) is 2.68. The second kappa shape index (κ2) is 8.20. The number of benzene rings is 1. The van der Waals surface area contributed by atoms with E-state index >= 15 is 0 Å². The minimum atomic E-state index is -3.16. The zero-order chi connectivity index (χ0) is 19.4. The lowest BCUT2D eigenvalue weighted by Crippen LogP contribution is -2.23. The van der Waals surface area contributed by atoms with Gasteiger partial charge in [-0.2, -0.15) is 0 Å². The highest BCUT2D eigenvalue weighted by molar-refractivity contribution is 7.88. The Morgan fingerprint density at radius 3 is 2.74 bits per heavy atom. The fourth-order valence-electron chi connectivity index (χ4n) is 3.10. The molecule has 3 aromatic rings. The number of hydrogen-bond donors (Lipinski definition) is 2. The maximum atomic E-state index is 11.2. The first-order chi connectivity index (χ1) is 12.9. The van der Waals surface area contributed by atoms with Crippen LogP contribution in [0.5, 0.6) is 0 Å². The average Bonchev–Trinajstić information content (AvgIpc) is 2.98. The van der Waals surface area contributed by atoms with Crippen LogP contribution in [0.25, 0.3) is 21.9 Å². The largest absolute Gasteiger partial charge is 0.382 e. The first kappa shape index (κ1) is 19.5. The van der Waals surface area contributed by atoms with Crippen molar-refractivity contribution < 1.29 is 13.2 Å². The number of nitrogen functional groups attached to an aromatic ring is 1. The molecule has 9 heteroatoms. The van der Waals surface area contributed by atoms with E-state index in [1.54, 1.807) is 0 Å². The molecule has 0 aliphatic heterocycles. The molecule has 0 fully saturated rings. The number of aromatic nitrogens is 3. The number of hydrogen-bond acceptors (Lipinski definition) is 6. The highest BCUT2D eigenvalue weighted by Gasteiger charge is 2.17. The molecule has 1 aromatic carbocycles. The number of para-hydroxylation sites is 1. The molecule has 146 valence electrons. The molecule has 0 saturated carbocycles. The normalized spacial score (nSPS) is 12.2. The van der Waals surface area contributed by atoms with E-state index in [1.165, 1.54) is 6.26 Å². The Labute approximate surface area is 158 Å². The molecule has 2 heterocycles. The van der Waals surface area contributed by atoms with Crippen LogP contribution in [-0.2, 0) is 27.9 Å². The Morgan fingerprint density at radius 2 is 2.00 bits per heavy atom. The number of nitrogens with two attached hydrogens (primary N) is 1. The summed E-state index contributed by atoms with van der Waals surface area (Å²) in [7, 11) is -3.16. The predicted octanol–water partition coefficient (Wildman–Crippen LogP) is 2.03. The van der Waals surface area contributed by atoms with Gasteiger partial charge in [-0.15, -0.1) is 0 Å². The highest BCUT2D eigenvalue weighted by atomic mass is 32.2. The van der Waals surface area contributed by atoms with Crippen LogP contribution in [0.15, 0.2) is 24.3 Å². The van der Waals surface area contributed by atoms with Crippen molar-refractivity contribution in [2.45, 2.75) is 32.9 Å². The van der Waals surface area contributed by atoms with Crippen LogP contribution >= 0.6 is 0 Å². The SMILES string of the molecule is CCOCc1nc2c(N)nc3ccccc3c2n1CCCCNS(C)(=O)=O. The summed E-state index contributed by atoms with van der Waals surface area (Å²) in [5.74, 6) is 1.20. The number of imidazole rings is 1. The number of unbranched alkanes of at least 4 members (excludes halogenated alkanes) is 1. The number of pyridine rings is 1. The van der Waals surface area contributed by atoms with Gasteiger partial charge in [0.1, 0.15) is 17.9 Å². The molecule has 0 atom stereocenters. The second-order valence-corrected chi connectivity index (χ2v) is 8.23. The molecule has 8 nitrogen and oxygen atoms in total. The van der Waals surface area contributed by atoms with E-state index in [9.17, 15) is 8.42 Å². The zero-order valence-electron chi connectivity index (χ0n) is 15.6. The van der Waals surface area contributed by atoms with E-state index in [4.69, 9.17) is 10.5 Å². The van der Waals surface area contributed by atoms with E-state index < -0.39 is 10.0 Å². The number of nitrogens with one attached hydrogen (secondary N) is 1. The molecular formula is C18H25N5O3S. The van der Waals surface area contributed by atoms with Gasteiger partial charge in [-0.1, -0.05) is 18.2 Å². The van der Waals surface area contributed by atoms with Crippen molar-refractivity contribution in [3.05, 3.63) is 30.1 Å². The minimum Gasteiger partial charge on any atom is -0.382 e. The predicted molar refractivity (Wildman–Crippen MR) is 107 cm³/mol. The molecule has 3 N–H and O–H groups in total. The van der Waals surface area contributed by atoms with E-state index in [-0.39, 0.29) is 0 Å². The van der Waals surface area contributed by atoms with E-state index in [0.717, 1.165) is 35.1 Å². The third kappa shape index (κ3) is 4.55. The van der Waals surface area contributed by atoms with Crippen molar-refractivity contribution in [3.63, 3.8) is 0 Å². The average molecular weight is 391 g/mol. The standard InChI is InChI=1S/C18H25N5O3S/c1-3-26-12-15-22-16-17(13-8-4-5-9-14(13)21-18(16)19)23(15)11-7-6-10-20-27(2,24)25/h4-5,8-9,20H,3,6-7,10-12H2,1-2H3,(H2,19,21). The summed E-state index contributed by atoms with van der Waals surface area (Å²) >= 11 is 0. The van der Waals surface area contributed by atoms with Gasteiger partial charge in [-0.05, 0) is 25.8 Å². The summed E-state index contributed by atoms with van der Waals surface area (Å²) in [6, 6.07) is 7.84. The van der Waals surface area contributed by atoms with Crippen LogP contribution in [0.4, 0.5) is 5.82 Å². The summed E-state index contributed by atoms with van der Waals surface area (Å²) in [6.45, 7) is 4.03. The monoisotopic (exact) mass is 391 g/mol. The molecule has 0 aliphatic rings. The lowest BCUT2D eigenvalue weighted by atomic mass is 10.2. The number of aryl methyl sites for hydroxylation is 1. The fourth-order valence-corrected chi connectivity index (χ4v) is 3.62.